The first-order chi connectivity index (χ1) is 18.0. The number of ether oxygens (including phenoxy) is 1. The first kappa shape index (κ1) is 26.1. The number of nitrogens with zero attached hydrogens (tertiary/aromatic N) is 3. The lowest BCUT2D eigenvalue weighted by Gasteiger charge is -2.13. The molecule has 38 heavy (non-hydrogen) atoms. The maximum atomic E-state index is 14.1. The van der Waals surface area contributed by atoms with Gasteiger partial charge in [-0.2, -0.15) is 18.2 Å². The van der Waals surface area contributed by atoms with E-state index in [0.717, 1.165) is 30.5 Å². The second kappa shape index (κ2) is 10.6. The average molecular weight is 530 g/mol. The van der Waals surface area contributed by atoms with Crippen molar-refractivity contribution in [3.05, 3.63) is 111 Å². The molecule has 0 aliphatic rings. The molecule has 0 aliphatic heterocycles. The van der Waals surface area contributed by atoms with E-state index in [9.17, 15) is 36.9 Å². The molecule has 13 heteroatoms. The van der Waals surface area contributed by atoms with Crippen LogP contribution in [0.3, 0.4) is 0 Å². The molecule has 1 N–H and O–H groups in total. The molecular weight excluding hydrogens is 515 g/mol. The smallest absolute Gasteiger partial charge is 0.416 e. The van der Waals surface area contributed by atoms with Gasteiger partial charge in [-0.3, -0.25) is 14.9 Å². The van der Waals surface area contributed by atoms with Gasteiger partial charge in [0.05, 0.1) is 16.2 Å². The Hall–Kier alpha value is -4.94. The third-order valence-corrected chi connectivity index (χ3v) is 5.12. The number of aromatic nitrogens is 2. The van der Waals surface area contributed by atoms with Crippen molar-refractivity contribution < 1.29 is 36.4 Å². The lowest BCUT2D eigenvalue weighted by atomic mass is 10.1. The second-order valence-corrected chi connectivity index (χ2v) is 7.78. The van der Waals surface area contributed by atoms with Crippen LogP contribution in [0, 0.1) is 21.7 Å². The van der Waals surface area contributed by atoms with E-state index in [1.54, 1.807) is 0 Å². The summed E-state index contributed by atoms with van der Waals surface area (Å²) in [7, 11) is 0. The molecule has 8 nitrogen and oxygen atoms in total. The minimum Gasteiger partial charge on any atom is -0.472 e. The normalized spacial score (nSPS) is 11.2. The molecule has 0 atom stereocenters. The summed E-state index contributed by atoms with van der Waals surface area (Å²) in [5.74, 6) is -3.36. The largest absolute Gasteiger partial charge is 0.472 e. The molecule has 0 fully saturated rings. The van der Waals surface area contributed by atoms with Crippen LogP contribution >= 0.6 is 0 Å². The fourth-order valence-electron chi connectivity index (χ4n) is 3.30. The molecule has 0 radical (unpaired) electrons. The Morgan fingerprint density at radius 3 is 2.50 bits per heavy atom. The molecular formula is C25H15F5N4O4. The fraction of sp³-hybridized carbons (Fsp3) is 0.0800. The number of carbonyl (C=O) groups excluding carboxylic acids is 1. The van der Waals surface area contributed by atoms with Crippen LogP contribution in [-0.2, 0) is 12.8 Å². The maximum Gasteiger partial charge on any atom is 0.416 e. The van der Waals surface area contributed by atoms with Crippen molar-refractivity contribution in [1.82, 2.24) is 9.97 Å². The summed E-state index contributed by atoms with van der Waals surface area (Å²) in [6.07, 6.45) is -3.58. The van der Waals surface area contributed by atoms with Gasteiger partial charge in [-0.25, -0.2) is 13.8 Å². The van der Waals surface area contributed by atoms with Crippen LogP contribution in [0.25, 0.3) is 11.4 Å². The number of halogens is 5. The monoisotopic (exact) mass is 530 g/mol. The number of anilines is 1. The Morgan fingerprint density at radius 2 is 1.79 bits per heavy atom. The SMILES string of the molecule is O=C(Nc1ccc(F)cc1F)c1cnc(-c2cccc([N+](=O)[O-])c2)nc1OCc1cccc(C(F)(F)F)c1. The number of nitrogens with one attached hydrogen (secondary N) is 1. The summed E-state index contributed by atoms with van der Waals surface area (Å²) in [5, 5.41) is 13.4. The molecule has 4 rings (SSSR count). The van der Waals surface area contributed by atoms with Crippen molar-refractivity contribution in [3.63, 3.8) is 0 Å². The molecule has 0 unspecified atom stereocenters. The van der Waals surface area contributed by atoms with Crippen molar-refractivity contribution in [2.75, 3.05) is 5.32 Å². The quantitative estimate of drug-likeness (QED) is 0.174. The minimum atomic E-state index is -4.59. The van der Waals surface area contributed by atoms with Crippen LogP contribution < -0.4 is 10.1 Å². The van der Waals surface area contributed by atoms with Gasteiger partial charge in [-0.1, -0.05) is 24.3 Å². The molecule has 0 bridgehead atoms. The number of nitro groups is 1. The van der Waals surface area contributed by atoms with Crippen LogP contribution in [0.5, 0.6) is 5.88 Å². The number of rotatable bonds is 7. The molecule has 0 saturated heterocycles. The zero-order chi connectivity index (χ0) is 27.4. The predicted molar refractivity (Wildman–Crippen MR) is 124 cm³/mol. The number of non-ortho nitro benzene ring substituents is 1. The Kier molecular flexibility index (Phi) is 7.28. The van der Waals surface area contributed by atoms with Gasteiger partial charge in [0, 0.05) is 30.0 Å². The summed E-state index contributed by atoms with van der Waals surface area (Å²) < 4.78 is 72.1. The van der Waals surface area contributed by atoms with Crippen LogP contribution in [0.4, 0.5) is 33.3 Å². The number of hydrogen-bond donors (Lipinski definition) is 1. The molecule has 1 aromatic heterocycles. The van der Waals surface area contributed by atoms with Gasteiger partial charge >= 0.3 is 6.18 Å². The van der Waals surface area contributed by atoms with Gasteiger partial charge in [-0.05, 0) is 29.8 Å². The summed E-state index contributed by atoms with van der Waals surface area (Å²) >= 11 is 0. The average Bonchev–Trinajstić information content (AvgIpc) is 2.88. The summed E-state index contributed by atoms with van der Waals surface area (Å²) in [4.78, 5) is 31.6. The van der Waals surface area contributed by atoms with Gasteiger partial charge in [0.25, 0.3) is 11.6 Å². The lowest BCUT2D eigenvalue weighted by molar-refractivity contribution is -0.384. The Morgan fingerprint density at radius 1 is 1.03 bits per heavy atom. The van der Waals surface area contributed by atoms with Crippen molar-refractivity contribution in [1.29, 1.82) is 0 Å². The zero-order valence-electron chi connectivity index (χ0n) is 19.0. The molecule has 0 aliphatic carbocycles. The highest BCUT2D eigenvalue weighted by Crippen LogP contribution is 2.30. The molecule has 4 aromatic rings. The summed E-state index contributed by atoms with van der Waals surface area (Å²) in [6, 6.07) is 12.0. The third kappa shape index (κ3) is 6.06. The van der Waals surface area contributed by atoms with E-state index in [0.29, 0.717) is 6.07 Å². The van der Waals surface area contributed by atoms with Gasteiger partial charge in [0.1, 0.15) is 23.8 Å². The van der Waals surface area contributed by atoms with Gasteiger partial charge in [0.2, 0.25) is 5.88 Å². The summed E-state index contributed by atoms with van der Waals surface area (Å²) in [5.41, 5.74) is -1.56. The highest BCUT2D eigenvalue weighted by Gasteiger charge is 2.30. The highest BCUT2D eigenvalue weighted by atomic mass is 19.4. The number of carbonyl (C=O) groups is 1. The number of amides is 1. The maximum absolute atomic E-state index is 14.1. The fourth-order valence-corrected chi connectivity index (χ4v) is 3.30. The standard InChI is InChI=1S/C25H15F5N4O4/c26-17-7-8-21(20(27)11-17)32-23(35)19-12-31-22(15-4-2-6-18(10-15)34(36)37)33-24(19)38-13-14-3-1-5-16(9-14)25(28,29)30/h1-12H,13H2,(H,32,35). The Bertz CT molecular complexity index is 1530. The van der Waals surface area contributed by atoms with Gasteiger partial charge in [-0.15, -0.1) is 0 Å². The lowest BCUT2D eigenvalue weighted by Crippen LogP contribution is -2.16. The molecule has 0 spiro atoms. The molecule has 194 valence electrons. The van der Waals surface area contributed by atoms with Crippen molar-refractivity contribution in [2.45, 2.75) is 12.8 Å². The topological polar surface area (TPSA) is 107 Å². The van der Waals surface area contributed by atoms with Crippen molar-refractivity contribution in [2.24, 2.45) is 0 Å². The first-order valence-electron chi connectivity index (χ1n) is 10.7. The Labute approximate surface area is 210 Å². The van der Waals surface area contributed by atoms with E-state index in [1.807, 2.05) is 0 Å². The summed E-state index contributed by atoms with van der Waals surface area (Å²) in [6.45, 7) is -0.444. The van der Waals surface area contributed by atoms with Crippen LogP contribution in [0.1, 0.15) is 21.5 Å². The number of hydrogen-bond acceptors (Lipinski definition) is 6. The Balaban J connectivity index is 1.69. The minimum absolute atomic E-state index is 0.0859. The van der Waals surface area contributed by atoms with E-state index in [4.69, 9.17) is 4.74 Å². The molecule has 1 heterocycles. The molecule has 0 saturated carbocycles. The molecule has 1 amide bonds. The van der Waals surface area contributed by atoms with Crippen LogP contribution in [0.2, 0.25) is 0 Å². The first-order valence-corrected chi connectivity index (χ1v) is 10.7. The number of alkyl halides is 3. The van der Waals surface area contributed by atoms with E-state index in [-0.39, 0.29) is 39.8 Å². The molecule has 3 aromatic carbocycles. The van der Waals surface area contributed by atoms with Gasteiger partial charge < -0.3 is 10.1 Å². The number of nitro benzene ring substituents is 1. The highest BCUT2D eigenvalue weighted by molar-refractivity contribution is 6.05. The van der Waals surface area contributed by atoms with Crippen LogP contribution in [0.15, 0.2) is 72.9 Å². The van der Waals surface area contributed by atoms with E-state index >= 15 is 0 Å². The van der Waals surface area contributed by atoms with Gasteiger partial charge in [0.15, 0.2) is 5.82 Å². The predicted octanol–water partition coefficient (Wildman–Crippen LogP) is 6.18. The third-order valence-electron chi connectivity index (χ3n) is 5.12. The number of benzene rings is 3. The van der Waals surface area contributed by atoms with E-state index in [1.165, 1.54) is 36.4 Å². The van der Waals surface area contributed by atoms with Crippen molar-refractivity contribution >= 4 is 17.3 Å². The second-order valence-electron chi connectivity index (χ2n) is 7.78. The van der Waals surface area contributed by atoms with Crippen molar-refractivity contribution in [3.8, 4) is 17.3 Å². The zero-order valence-corrected chi connectivity index (χ0v) is 19.0. The van der Waals surface area contributed by atoms with E-state index < -0.39 is 40.8 Å². The van der Waals surface area contributed by atoms with Crippen LogP contribution in [-0.4, -0.2) is 20.8 Å². The van der Waals surface area contributed by atoms with E-state index in [2.05, 4.69) is 15.3 Å².